The van der Waals surface area contributed by atoms with E-state index in [0.717, 1.165) is 29.2 Å². The van der Waals surface area contributed by atoms with Crippen LogP contribution in [0.4, 0.5) is 0 Å². The van der Waals surface area contributed by atoms with Crippen molar-refractivity contribution in [1.29, 1.82) is 0 Å². The highest BCUT2D eigenvalue weighted by molar-refractivity contribution is 5.85. The van der Waals surface area contributed by atoms with Gasteiger partial charge >= 0.3 is 0 Å². The first kappa shape index (κ1) is 13.2. The van der Waals surface area contributed by atoms with Gasteiger partial charge in [0.25, 0.3) is 0 Å². The highest BCUT2D eigenvalue weighted by atomic mass is 16.5. The minimum Gasteiger partial charge on any atom is -0.385 e. The van der Waals surface area contributed by atoms with Crippen molar-refractivity contribution in [2.24, 2.45) is 0 Å². The fourth-order valence-electron chi connectivity index (χ4n) is 3.89. The first-order valence-corrected chi connectivity index (χ1v) is 7.53. The van der Waals surface area contributed by atoms with Gasteiger partial charge in [0.05, 0.1) is 18.8 Å². The molecule has 0 saturated carbocycles. The Kier molecular flexibility index (Phi) is 2.99. The predicted octanol–water partition coefficient (Wildman–Crippen LogP) is 1.92. The first-order valence-electron chi connectivity index (χ1n) is 7.53. The number of piperidine rings is 1. The highest BCUT2D eigenvalue weighted by Crippen LogP contribution is 2.42. The number of hydrogen-bond donors (Lipinski definition) is 1. The van der Waals surface area contributed by atoms with E-state index in [1.54, 1.807) is 6.20 Å². The molecular formula is C17H20N2O2. The van der Waals surface area contributed by atoms with Crippen LogP contribution in [0.1, 0.15) is 18.4 Å². The number of ether oxygens (including phenoxy) is 1. The summed E-state index contributed by atoms with van der Waals surface area (Å²) < 4.78 is 5.66. The molecule has 2 aliphatic heterocycles. The maximum absolute atomic E-state index is 11.4. The van der Waals surface area contributed by atoms with Gasteiger partial charge in [-0.15, -0.1) is 0 Å². The lowest BCUT2D eigenvalue weighted by Gasteiger charge is -2.50. The first-order chi connectivity index (χ1) is 10.2. The van der Waals surface area contributed by atoms with Crippen molar-refractivity contribution in [1.82, 2.24) is 9.88 Å². The molecular weight excluding hydrogens is 264 g/mol. The summed E-state index contributed by atoms with van der Waals surface area (Å²) in [5, 5.41) is 13.6. The number of aliphatic hydroxyl groups is 1. The second-order valence-corrected chi connectivity index (χ2v) is 6.35. The summed E-state index contributed by atoms with van der Waals surface area (Å²) in [5.41, 5.74) is 0.263. The lowest BCUT2D eigenvalue weighted by molar-refractivity contribution is -0.137. The number of pyridine rings is 1. The molecule has 2 aliphatic rings. The number of nitrogens with zero attached hydrogens (tertiary/aromatic N) is 2. The Morgan fingerprint density at radius 2 is 2.00 bits per heavy atom. The van der Waals surface area contributed by atoms with Crippen LogP contribution in [0.15, 0.2) is 36.7 Å². The topological polar surface area (TPSA) is 45.6 Å². The fourth-order valence-corrected chi connectivity index (χ4v) is 3.89. The quantitative estimate of drug-likeness (QED) is 0.869. The molecule has 4 heteroatoms. The maximum atomic E-state index is 11.4. The van der Waals surface area contributed by atoms with Crippen LogP contribution in [-0.2, 0) is 10.3 Å². The summed E-state index contributed by atoms with van der Waals surface area (Å²) in [7, 11) is 2.14. The van der Waals surface area contributed by atoms with E-state index in [2.05, 4.69) is 23.0 Å². The van der Waals surface area contributed by atoms with Gasteiger partial charge in [-0.25, -0.2) is 0 Å². The average Bonchev–Trinajstić information content (AvgIpc) is 2.48. The summed E-state index contributed by atoms with van der Waals surface area (Å²) in [6.07, 6.45) is 5.11. The molecule has 0 spiro atoms. The van der Waals surface area contributed by atoms with E-state index in [1.165, 1.54) is 0 Å². The second-order valence-electron chi connectivity index (χ2n) is 6.35. The monoisotopic (exact) mass is 284 g/mol. The molecule has 0 amide bonds. The van der Waals surface area contributed by atoms with Crippen molar-refractivity contribution < 1.29 is 9.84 Å². The smallest absolute Gasteiger partial charge is 0.0934 e. The zero-order valence-electron chi connectivity index (χ0n) is 12.2. The van der Waals surface area contributed by atoms with Crippen molar-refractivity contribution in [3.05, 3.63) is 42.2 Å². The zero-order valence-corrected chi connectivity index (χ0v) is 12.2. The molecule has 2 atom stereocenters. The molecule has 4 nitrogen and oxygen atoms in total. The molecule has 110 valence electrons. The van der Waals surface area contributed by atoms with E-state index in [4.69, 9.17) is 4.74 Å². The van der Waals surface area contributed by atoms with E-state index in [9.17, 15) is 5.11 Å². The van der Waals surface area contributed by atoms with Crippen molar-refractivity contribution in [3.63, 3.8) is 0 Å². The maximum Gasteiger partial charge on any atom is 0.0934 e. The Morgan fingerprint density at radius 3 is 2.76 bits per heavy atom. The van der Waals surface area contributed by atoms with Gasteiger partial charge in [0.2, 0.25) is 0 Å². The number of rotatable bonds is 1. The zero-order chi connectivity index (χ0) is 14.4. The average molecular weight is 284 g/mol. The molecule has 2 saturated heterocycles. The summed E-state index contributed by atoms with van der Waals surface area (Å²) in [5.74, 6) is 0. The molecule has 0 radical (unpaired) electrons. The second kappa shape index (κ2) is 4.77. The molecule has 2 aromatic rings. The number of morpholine rings is 1. The SMILES string of the molecule is CN1C2COCC1CC(O)(c1cccc3cnccc13)C2. The lowest BCUT2D eigenvalue weighted by Crippen LogP contribution is -2.59. The highest BCUT2D eigenvalue weighted by Gasteiger charge is 2.46. The number of fused-ring (bicyclic) bond motifs is 3. The van der Waals surface area contributed by atoms with E-state index >= 15 is 0 Å². The van der Waals surface area contributed by atoms with Crippen LogP contribution in [0.5, 0.6) is 0 Å². The van der Waals surface area contributed by atoms with Crippen LogP contribution < -0.4 is 0 Å². The summed E-state index contributed by atoms with van der Waals surface area (Å²) in [6.45, 7) is 1.42. The Hall–Kier alpha value is -1.49. The molecule has 2 unspecified atom stereocenters. The molecule has 2 bridgehead atoms. The number of aromatic nitrogens is 1. The summed E-state index contributed by atoms with van der Waals surface area (Å²) >= 11 is 0. The number of likely N-dealkylation sites (N-methyl/N-ethyl adjacent to an activating group) is 1. The van der Waals surface area contributed by atoms with Crippen LogP contribution in [0.2, 0.25) is 0 Å². The van der Waals surface area contributed by atoms with Crippen molar-refractivity contribution >= 4 is 10.8 Å². The van der Waals surface area contributed by atoms with Gasteiger partial charge in [-0.3, -0.25) is 9.88 Å². The Labute approximate surface area is 124 Å². The van der Waals surface area contributed by atoms with Crippen molar-refractivity contribution in [2.75, 3.05) is 20.3 Å². The van der Waals surface area contributed by atoms with Gasteiger partial charge in [0.1, 0.15) is 0 Å². The molecule has 1 aromatic heterocycles. The normalized spacial score (nSPS) is 33.2. The number of hydrogen-bond acceptors (Lipinski definition) is 4. The van der Waals surface area contributed by atoms with Crippen molar-refractivity contribution in [2.45, 2.75) is 30.5 Å². The van der Waals surface area contributed by atoms with Gasteiger partial charge in [-0.2, -0.15) is 0 Å². The molecule has 4 rings (SSSR count). The van der Waals surface area contributed by atoms with Crippen molar-refractivity contribution in [3.8, 4) is 0 Å². The number of benzene rings is 1. The van der Waals surface area contributed by atoms with Gasteiger partial charge in [0.15, 0.2) is 0 Å². The minimum atomic E-state index is -0.771. The van der Waals surface area contributed by atoms with Gasteiger partial charge in [-0.1, -0.05) is 18.2 Å². The van der Waals surface area contributed by atoms with Crippen LogP contribution in [0.3, 0.4) is 0 Å². The fraction of sp³-hybridized carbons (Fsp3) is 0.471. The lowest BCUT2D eigenvalue weighted by atomic mass is 9.76. The van der Waals surface area contributed by atoms with Gasteiger partial charge in [0, 0.05) is 29.9 Å². The largest absolute Gasteiger partial charge is 0.385 e. The van der Waals surface area contributed by atoms with E-state index in [-0.39, 0.29) is 0 Å². The van der Waals surface area contributed by atoms with E-state index < -0.39 is 5.60 Å². The van der Waals surface area contributed by atoms with Crippen LogP contribution >= 0.6 is 0 Å². The third-order valence-electron chi connectivity index (χ3n) is 5.10. The Morgan fingerprint density at radius 1 is 1.24 bits per heavy atom. The van der Waals surface area contributed by atoms with Crippen LogP contribution in [-0.4, -0.2) is 47.3 Å². The molecule has 3 heterocycles. The van der Waals surface area contributed by atoms with Crippen LogP contribution in [0, 0.1) is 0 Å². The van der Waals surface area contributed by atoms with Gasteiger partial charge < -0.3 is 9.84 Å². The molecule has 2 fully saturated rings. The molecule has 0 aliphatic carbocycles. The van der Waals surface area contributed by atoms with Crippen LogP contribution in [0.25, 0.3) is 10.8 Å². The van der Waals surface area contributed by atoms with Gasteiger partial charge in [-0.05, 0) is 36.9 Å². The summed E-state index contributed by atoms with van der Waals surface area (Å²) in [6, 6.07) is 8.71. The molecule has 1 aromatic carbocycles. The standard InChI is InChI=1S/C17H20N2O2/c1-19-13-7-17(20,8-14(19)11-21-10-13)16-4-2-3-12-9-18-6-5-15(12)16/h2-6,9,13-14,20H,7-8,10-11H2,1H3. The third kappa shape index (κ3) is 2.06. The Balaban J connectivity index is 1.81. The molecule has 1 N–H and O–H groups in total. The Bertz CT molecular complexity index is 653. The minimum absolute atomic E-state index is 0.291. The third-order valence-corrected chi connectivity index (χ3v) is 5.10. The molecule has 21 heavy (non-hydrogen) atoms. The summed E-state index contributed by atoms with van der Waals surface area (Å²) in [4.78, 5) is 6.55. The predicted molar refractivity (Wildman–Crippen MR) is 81.0 cm³/mol. The van der Waals surface area contributed by atoms with E-state index in [1.807, 2.05) is 24.4 Å². The van der Waals surface area contributed by atoms with E-state index in [0.29, 0.717) is 25.3 Å².